The minimum Gasteiger partial charge on any atom is -0.379 e. The number of aromatic nitrogens is 1. The summed E-state index contributed by atoms with van der Waals surface area (Å²) in [5.74, 6) is 1.44. The van der Waals surface area contributed by atoms with E-state index in [2.05, 4.69) is 37.8 Å². The molecule has 24 heavy (non-hydrogen) atoms. The summed E-state index contributed by atoms with van der Waals surface area (Å²) < 4.78 is 5.39. The van der Waals surface area contributed by atoms with Crippen LogP contribution in [0.4, 0.5) is 0 Å². The monoisotopic (exact) mass is 467 g/mol. The Balaban J connectivity index is 0.00000288. The molecule has 2 rings (SSSR count). The fourth-order valence-corrected chi connectivity index (χ4v) is 3.26. The van der Waals surface area contributed by atoms with Crippen LogP contribution in [0.3, 0.4) is 0 Å². The Morgan fingerprint density at radius 3 is 2.79 bits per heavy atom. The number of halogens is 1. The first kappa shape index (κ1) is 21.6. The van der Waals surface area contributed by atoms with Crippen LogP contribution in [-0.4, -0.2) is 68.8 Å². The number of rotatable bonds is 7. The molecule has 8 heteroatoms. The summed E-state index contributed by atoms with van der Waals surface area (Å²) in [7, 11) is 1.81. The van der Waals surface area contributed by atoms with Gasteiger partial charge < -0.3 is 15.4 Å². The first-order chi connectivity index (χ1) is 11.2. The third kappa shape index (κ3) is 8.09. The van der Waals surface area contributed by atoms with Gasteiger partial charge in [-0.3, -0.25) is 9.89 Å². The number of hydrogen-bond acceptors (Lipinski definition) is 5. The van der Waals surface area contributed by atoms with Crippen LogP contribution in [0.15, 0.2) is 10.4 Å². The van der Waals surface area contributed by atoms with Crippen LogP contribution in [0.5, 0.6) is 0 Å². The van der Waals surface area contributed by atoms with Gasteiger partial charge >= 0.3 is 0 Å². The lowest BCUT2D eigenvalue weighted by Crippen LogP contribution is -2.44. The highest BCUT2D eigenvalue weighted by Gasteiger charge is 2.13. The maximum atomic E-state index is 5.39. The zero-order chi connectivity index (χ0) is 16.5. The Morgan fingerprint density at radius 1 is 1.42 bits per heavy atom. The number of hydrogen-bond donors (Lipinski definition) is 2. The van der Waals surface area contributed by atoms with Crippen molar-refractivity contribution in [3.05, 3.63) is 16.1 Å². The largest absolute Gasteiger partial charge is 0.379 e. The smallest absolute Gasteiger partial charge is 0.190 e. The molecule has 1 aromatic rings. The fraction of sp³-hybridized carbons (Fsp3) is 0.750. The van der Waals surface area contributed by atoms with Crippen LogP contribution >= 0.6 is 35.3 Å². The van der Waals surface area contributed by atoms with Crippen molar-refractivity contribution in [1.29, 1.82) is 0 Å². The van der Waals surface area contributed by atoms with Crippen molar-refractivity contribution in [3.63, 3.8) is 0 Å². The summed E-state index contributed by atoms with van der Waals surface area (Å²) in [5.41, 5.74) is 1.15. The van der Waals surface area contributed by atoms with Gasteiger partial charge in [0.05, 0.1) is 23.9 Å². The van der Waals surface area contributed by atoms with Crippen molar-refractivity contribution in [2.24, 2.45) is 10.9 Å². The standard InChI is InChI=1S/C16H29N5OS.HI/c1-13(11-21-6-8-22-9-7-21)10-19-16(17-3)18-5-4-15-12-23-14(2)20-15;/h12-13H,4-11H2,1-3H3,(H2,17,18,19);1H. The number of nitrogens with one attached hydrogen (secondary N) is 2. The number of morpholine rings is 1. The topological polar surface area (TPSA) is 61.8 Å². The van der Waals surface area contributed by atoms with Crippen LogP contribution in [0.2, 0.25) is 0 Å². The predicted molar refractivity (Wildman–Crippen MR) is 112 cm³/mol. The molecule has 138 valence electrons. The molecule has 1 fully saturated rings. The van der Waals surface area contributed by atoms with E-state index in [4.69, 9.17) is 4.74 Å². The molecule has 0 amide bonds. The molecule has 1 aliphatic heterocycles. The number of guanidine groups is 1. The molecular weight excluding hydrogens is 437 g/mol. The van der Waals surface area contributed by atoms with Crippen LogP contribution in [-0.2, 0) is 11.2 Å². The van der Waals surface area contributed by atoms with E-state index in [0.29, 0.717) is 5.92 Å². The minimum atomic E-state index is 0. The highest BCUT2D eigenvalue weighted by Crippen LogP contribution is 2.07. The highest BCUT2D eigenvalue weighted by atomic mass is 127. The van der Waals surface area contributed by atoms with E-state index < -0.39 is 0 Å². The van der Waals surface area contributed by atoms with Crippen LogP contribution in [0.1, 0.15) is 17.6 Å². The number of aryl methyl sites for hydroxylation is 1. The van der Waals surface area contributed by atoms with Gasteiger partial charge in [-0.15, -0.1) is 35.3 Å². The molecule has 2 N–H and O–H groups in total. The van der Waals surface area contributed by atoms with Gasteiger partial charge in [-0.1, -0.05) is 6.92 Å². The van der Waals surface area contributed by atoms with E-state index in [0.717, 1.165) is 69.0 Å². The average molecular weight is 467 g/mol. The lowest BCUT2D eigenvalue weighted by Gasteiger charge is -2.29. The van der Waals surface area contributed by atoms with Gasteiger partial charge in [0.25, 0.3) is 0 Å². The zero-order valence-electron chi connectivity index (χ0n) is 14.9. The van der Waals surface area contributed by atoms with Gasteiger partial charge in [-0.2, -0.15) is 0 Å². The summed E-state index contributed by atoms with van der Waals surface area (Å²) in [6.45, 7) is 11.0. The molecule has 2 heterocycles. The number of aliphatic imine (C=N–C) groups is 1. The van der Waals surface area contributed by atoms with Gasteiger partial charge in [0.15, 0.2) is 5.96 Å². The second-order valence-electron chi connectivity index (χ2n) is 6.01. The molecule has 0 radical (unpaired) electrons. The highest BCUT2D eigenvalue weighted by molar-refractivity contribution is 14.0. The normalized spacial score (nSPS) is 17.2. The Hall–Kier alpha value is -0.450. The molecule has 1 aliphatic rings. The van der Waals surface area contributed by atoms with Crippen molar-refractivity contribution >= 4 is 41.3 Å². The van der Waals surface area contributed by atoms with Crippen molar-refractivity contribution in [2.45, 2.75) is 20.3 Å². The van der Waals surface area contributed by atoms with E-state index in [9.17, 15) is 0 Å². The average Bonchev–Trinajstić information content (AvgIpc) is 2.97. The molecule has 1 atom stereocenters. The Morgan fingerprint density at radius 2 is 2.17 bits per heavy atom. The SMILES string of the molecule is CN=C(NCCc1csc(C)n1)NCC(C)CN1CCOCC1.I. The lowest BCUT2D eigenvalue weighted by molar-refractivity contribution is 0.0320. The second-order valence-corrected chi connectivity index (χ2v) is 7.07. The summed E-state index contributed by atoms with van der Waals surface area (Å²) in [6, 6.07) is 0. The predicted octanol–water partition coefficient (Wildman–Crippen LogP) is 1.75. The van der Waals surface area contributed by atoms with Crippen molar-refractivity contribution in [1.82, 2.24) is 20.5 Å². The molecule has 1 saturated heterocycles. The summed E-state index contributed by atoms with van der Waals surface area (Å²) in [5, 5.41) is 10.0. The van der Waals surface area contributed by atoms with Gasteiger partial charge in [-0.05, 0) is 12.8 Å². The van der Waals surface area contributed by atoms with Crippen LogP contribution in [0.25, 0.3) is 0 Å². The van der Waals surface area contributed by atoms with Crippen molar-refractivity contribution in [2.75, 3.05) is 53.0 Å². The van der Waals surface area contributed by atoms with E-state index in [1.807, 2.05) is 14.0 Å². The molecule has 0 saturated carbocycles. The van der Waals surface area contributed by atoms with E-state index >= 15 is 0 Å². The van der Waals surface area contributed by atoms with Crippen molar-refractivity contribution < 1.29 is 4.74 Å². The maximum absolute atomic E-state index is 5.39. The quantitative estimate of drug-likeness (QED) is 0.364. The van der Waals surface area contributed by atoms with Gasteiger partial charge in [0.1, 0.15) is 0 Å². The first-order valence-corrected chi connectivity index (χ1v) is 9.21. The summed E-state index contributed by atoms with van der Waals surface area (Å²) >= 11 is 1.70. The number of ether oxygens (including phenoxy) is 1. The first-order valence-electron chi connectivity index (χ1n) is 8.33. The van der Waals surface area contributed by atoms with Gasteiger partial charge in [-0.25, -0.2) is 4.98 Å². The van der Waals surface area contributed by atoms with Crippen LogP contribution < -0.4 is 10.6 Å². The van der Waals surface area contributed by atoms with E-state index in [1.165, 1.54) is 0 Å². The lowest BCUT2D eigenvalue weighted by atomic mass is 10.1. The Kier molecular flexibility index (Phi) is 10.8. The van der Waals surface area contributed by atoms with Gasteiger partial charge in [0.2, 0.25) is 0 Å². The molecule has 1 aromatic heterocycles. The molecule has 0 spiro atoms. The number of thiazole rings is 1. The van der Waals surface area contributed by atoms with Crippen molar-refractivity contribution in [3.8, 4) is 0 Å². The summed E-state index contributed by atoms with van der Waals surface area (Å²) in [4.78, 5) is 11.2. The number of nitrogens with zero attached hydrogens (tertiary/aromatic N) is 3. The van der Waals surface area contributed by atoms with E-state index in [1.54, 1.807) is 11.3 Å². The molecule has 6 nitrogen and oxygen atoms in total. The molecule has 0 aromatic carbocycles. The van der Waals surface area contributed by atoms with E-state index in [-0.39, 0.29) is 24.0 Å². The Bertz CT molecular complexity index is 491. The maximum Gasteiger partial charge on any atom is 0.190 e. The van der Waals surface area contributed by atoms with Crippen LogP contribution in [0, 0.1) is 12.8 Å². The molecule has 1 unspecified atom stereocenters. The zero-order valence-corrected chi connectivity index (χ0v) is 18.0. The minimum absolute atomic E-state index is 0. The molecule has 0 bridgehead atoms. The fourth-order valence-electron chi connectivity index (χ4n) is 2.61. The second kappa shape index (κ2) is 12.0. The third-order valence-corrected chi connectivity index (χ3v) is 4.68. The molecule has 0 aliphatic carbocycles. The molecular formula is C16H30IN5OS. The van der Waals surface area contributed by atoms with Gasteiger partial charge in [0, 0.05) is 51.6 Å². The summed E-state index contributed by atoms with van der Waals surface area (Å²) in [6.07, 6.45) is 0.925. The Labute approximate surface area is 166 Å². The third-order valence-electron chi connectivity index (χ3n) is 3.86.